The van der Waals surface area contributed by atoms with E-state index in [4.69, 9.17) is 5.73 Å². The number of primary amides is 1. The van der Waals surface area contributed by atoms with Gasteiger partial charge in [-0.25, -0.2) is 0 Å². The maximum atomic E-state index is 13.7. The lowest BCUT2D eigenvalue weighted by Gasteiger charge is -2.38. The third-order valence-corrected chi connectivity index (χ3v) is 7.83. The van der Waals surface area contributed by atoms with Crippen LogP contribution in [0.15, 0.2) is 0 Å². The van der Waals surface area contributed by atoms with Crippen molar-refractivity contribution in [1.29, 1.82) is 0 Å². The molecule has 3 unspecified atom stereocenters. The van der Waals surface area contributed by atoms with Crippen molar-refractivity contribution in [3.05, 3.63) is 0 Å². The number of amides is 4. The van der Waals surface area contributed by atoms with Crippen molar-refractivity contribution >= 4 is 29.4 Å². The summed E-state index contributed by atoms with van der Waals surface area (Å²) in [4.78, 5) is 65.3. The van der Waals surface area contributed by atoms with E-state index in [-0.39, 0.29) is 40.9 Å². The van der Waals surface area contributed by atoms with E-state index in [0.29, 0.717) is 13.0 Å². The third kappa shape index (κ3) is 5.13. The Morgan fingerprint density at radius 2 is 1.65 bits per heavy atom. The molecule has 190 valence electrons. The summed E-state index contributed by atoms with van der Waals surface area (Å²) in [7, 11) is 0. The molecule has 34 heavy (non-hydrogen) atoms. The Labute approximate surface area is 201 Å². The van der Waals surface area contributed by atoms with Crippen molar-refractivity contribution in [2.24, 2.45) is 40.2 Å². The quantitative estimate of drug-likeness (QED) is 0.426. The van der Waals surface area contributed by atoms with Gasteiger partial charge in [0, 0.05) is 12.5 Å². The Hall–Kier alpha value is -2.45. The second-order valence-corrected chi connectivity index (χ2v) is 12.3. The highest BCUT2D eigenvalue weighted by Crippen LogP contribution is 2.65. The van der Waals surface area contributed by atoms with Crippen LogP contribution in [-0.4, -0.2) is 59.0 Å². The number of nitrogens with zero attached hydrogens (tertiary/aromatic N) is 1. The van der Waals surface area contributed by atoms with Gasteiger partial charge >= 0.3 is 0 Å². The largest absolute Gasteiger partial charge is 0.363 e. The second kappa shape index (κ2) is 8.96. The van der Waals surface area contributed by atoms with Crippen LogP contribution in [0.1, 0.15) is 67.7 Å². The van der Waals surface area contributed by atoms with Crippen molar-refractivity contribution in [2.75, 3.05) is 6.54 Å². The zero-order valence-corrected chi connectivity index (χ0v) is 21.4. The first kappa shape index (κ1) is 26.2. The first-order valence-electron chi connectivity index (χ1n) is 12.3. The summed E-state index contributed by atoms with van der Waals surface area (Å²) in [6.07, 6.45) is 2.28. The van der Waals surface area contributed by atoms with Crippen molar-refractivity contribution in [3.63, 3.8) is 0 Å². The fourth-order valence-corrected chi connectivity index (χ4v) is 5.28. The second-order valence-electron chi connectivity index (χ2n) is 12.3. The van der Waals surface area contributed by atoms with Crippen molar-refractivity contribution in [3.8, 4) is 0 Å². The van der Waals surface area contributed by atoms with Crippen LogP contribution in [0.5, 0.6) is 0 Å². The smallest absolute Gasteiger partial charge is 0.287 e. The average molecular weight is 477 g/mol. The number of nitrogens with one attached hydrogen (secondary N) is 2. The molecule has 1 aliphatic heterocycles. The number of carbonyl (C=O) groups excluding carboxylic acids is 5. The van der Waals surface area contributed by atoms with Gasteiger partial charge in [-0.2, -0.15) is 0 Å². The standard InChI is InChI=1S/C25H40N4O5/c1-12(2)21(32)28-19(24(3,4)5)23(34)29-11-14-16(25(14,6)7)17(29)22(33)27-15(10-13-8-9-13)18(30)20(26)31/h12-17,19H,8-11H2,1-7H3,(H2,26,31)(H,27,33)(H,28,32)/t14-,15?,16?,17-,19?/m0/s1. The van der Waals surface area contributed by atoms with Crippen LogP contribution >= 0.6 is 0 Å². The number of Topliss-reactive ketones (excluding diaryl/α,β-unsaturated/α-hetero) is 1. The maximum absolute atomic E-state index is 13.7. The van der Waals surface area contributed by atoms with E-state index in [2.05, 4.69) is 24.5 Å². The summed E-state index contributed by atoms with van der Waals surface area (Å²) < 4.78 is 0. The molecule has 9 heteroatoms. The Bertz CT molecular complexity index is 886. The number of ketones is 1. The van der Waals surface area contributed by atoms with Gasteiger partial charge in [0.25, 0.3) is 5.91 Å². The number of piperidine rings is 1. The van der Waals surface area contributed by atoms with Gasteiger partial charge in [-0.15, -0.1) is 0 Å². The SMILES string of the molecule is CC(C)C(=O)NC(C(=O)N1C[C@H]2C([C@H]1C(=O)NC(CC1CC1)C(=O)C(N)=O)C2(C)C)C(C)(C)C. The number of fused-ring (bicyclic) bond motifs is 1. The van der Waals surface area contributed by atoms with E-state index >= 15 is 0 Å². The van der Waals surface area contributed by atoms with Crippen LogP contribution in [0.2, 0.25) is 0 Å². The van der Waals surface area contributed by atoms with E-state index in [1.807, 2.05) is 20.8 Å². The minimum atomic E-state index is -1.07. The summed E-state index contributed by atoms with van der Waals surface area (Å²) in [5.74, 6) is -2.74. The number of carbonyl (C=O) groups is 5. The fraction of sp³-hybridized carbons (Fsp3) is 0.800. The average Bonchev–Trinajstić information content (AvgIpc) is 3.56. The molecule has 4 N–H and O–H groups in total. The molecule has 3 fully saturated rings. The number of rotatable bonds is 9. The fourth-order valence-electron chi connectivity index (χ4n) is 5.28. The van der Waals surface area contributed by atoms with Crippen molar-refractivity contribution in [1.82, 2.24) is 15.5 Å². The zero-order valence-electron chi connectivity index (χ0n) is 21.4. The molecule has 3 aliphatic rings. The molecule has 1 saturated heterocycles. The van der Waals surface area contributed by atoms with Gasteiger partial charge in [0.15, 0.2) is 0 Å². The molecule has 0 aromatic rings. The Morgan fingerprint density at radius 1 is 1.06 bits per heavy atom. The van der Waals surface area contributed by atoms with Gasteiger partial charge in [0.2, 0.25) is 23.5 Å². The molecule has 0 aromatic heterocycles. The van der Waals surface area contributed by atoms with Crippen LogP contribution < -0.4 is 16.4 Å². The lowest BCUT2D eigenvalue weighted by molar-refractivity contribution is -0.146. The van der Waals surface area contributed by atoms with E-state index in [9.17, 15) is 24.0 Å². The number of hydrogen-bond donors (Lipinski definition) is 3. The molecule has 0 bridgehead atoms. The van der Waals surface area contributed by atoms with Gasteiger partial charge in [0.1, 0.15) is 12.1 Å². The lowest BCUT2D eigenvalue weighted by Crippen LogP contribution is -2.60. The number of hydrogen-bond acceptors (Lipinski definition) is 5. The molecule has 0 spiro atoms. The number of nitrogens with two attached hydrogens (primary N) is 1. The number of likely N-dealkylation sites (tertiary alicyclic amines) is 1. The van der Waals surface area contributed by atoms with Gasteiger partial charge in [-0.3, -0.25) is 24.0 Å². The molecular weight excluding hydrogens is 436 g/mol. The molecule has 0 aromatic carbocycles. The van der Waals surface area contributed by atoms with Crippen molar-refractivity contribution in [2.45, 2.75) is 85.9 Å². The summed E-state index contributed by atoms with van der Waals surface area (Å²) >= 11 is 0. The normalized spacial score (nSPS) is 26.9. The van der Waals surface area contributed by atoms with E-state index in [0.717, 1.165) is 12.8 Å². The first-order valence-corrected chi connectivity index (χ1v) is 12.3. The molecule has 4 amide bonds. The molecule has 5 atom stereocenters. The molecule has 2 saturated carbocycles. The highest BCUT2D eigenvalue weighted by molar-refractivity contribution is 6.37. The van der Waals surface area contributed by atoms with E-state index in [1.54, 1.807) is 18.7 Å². The monoisotopic (exact) mass is 476 g/mol. The molecule has 3 rings (SSSR count). The minimum absolute atomic E-state index is 0.0527. The van der Waals surface area contributed by atoms with Crippen LogP contribution in [0.3, 0.4) is 0 Å². The molecule has 1 heterocycles. The van der Waals surface area contributed by atoms with E-state index in [1.165, 1.54) is 0 Å². The predicted molar refractivity (Wildman–Crippen MR) is 126 cm³/mol. The van der Waals surface area contributed by atoms with Crippen LogP contribution in [0.4, 0.5) is 0 Å². The van der Waals surface area contributed by atoms with Crippen LogP contribution in [-0.2, 0) is 24.0 Å². The summed E-state index contributed by atoms with van der Waals surface area (Å²) in [6, 6.07) is -2.54. The maximum Gasteiger partial charge on any atom is 0.287 e. The molecular formula is C25H40N4O5. The van der Waals surface area contributed by atoms with Gasteiger partial charge < -0.3 is 21.3 Å². The van der Waals surface area contributed by atoms with Crippen LogP contribution in [0, 0.1) is 34.5 Å². The highest BCUT2D eigenvalue weighted by Gasteiger charge is 2.69. The Kier molecular flexibility index (Phi) is 6.90. The zero-order chi connectivity index (χ0) is 25.7. The van der Waals surface area contributed by atoms with Gasteiger partial charge in [-0.05, 0) is 35.0 Å². The lowest BCUT2D eigenvalue weighted by atomic mass is 9.84. The molecule has 9 nitrogen and oxygen atoms in total. The van der Waals surface area contributed by atoms with Gasteiger partial charge in [0.05, 0.1) is 6.04 Å². The molecule has 2 aliphatic carbocycles. The summed E-state index contributed by atoms with van der Waals surface area (Å²) in [5.41, 5.74) is 4.55. The van der Waals surface area contributed by atoms with Crippen LogP contribution in [0.25, 0.3) is 0 Å². The summed E-state index contributed by atoms with van der Waals surface area (Å²) in [5, 5.41) is 5.63. The van der Waals surface area contributed by atoms with Gasteiger partial charge in [-0.1, -0.05) is 61.3 Å². The topological polar surface area (TPSA) is 139 Å². The Morgan fingerprint density at radius 3 is 2.12 bits per heavy atom. The first-order chi connectivity index (χ1) is 15.6. The molecule has 0 radical (unpaired) electrons. The third-order valence-electron chi connectivity index (χ3n) is 7.83. The minimum Gasteiger partial charge on any atom is -0.363 e. The Balaban J connectivity index is 1.85. The van der Waals surface area contributed by atoms with Crippen molar-refractivity contribution < 1.29 is 24.0 Å². The summed E-state index contributed by atoms with van der Waals surface area (Å²) in [6.45, 7) is 13.7. The van der Waals surface area contributed by atoms with E-state index < -0.39 is 41.1 Å². The predicted octanol–water partition coefficient (Wildman–Crippen LogP) is 0.996. The highest BCUT2D eigenvalue weighted by atomic mass is 16.2.